The van der Waals surface area contributed by atoms with Crippen molar-refractivity contribution in [1.82, 2.24) is 19.9 Å². The molecule has 0 saturated heterocycles. The molecule has 118 valence electrons. The second-order valence-electron chi connectivity index (χ2n) is 3.92. The van der Waals surface area contributed by atoms with Gasteiger partial charge in [0.2, 0.25) is 0 Å². The van der Waals surface area contributed by atoms with Crippen molar-refractivity contribution >= 4 is 12.3 Å². The standard InChI is InChI=1S/C8H10N2O2.C6H6N2O.CH4/c1-3-12-8(11)7-4-9-6(2)10-5-7;1-5-7-2-6(4-9)3-8-5;/h4-5H,3H2,1-2H3;2-4H,1H3;1H4. The van der Waals surface area contributed by atoms with E-state index >= 15 is 0 Å². The van der Waals surface area contributed by atoms with E-state index in [1.807, 2.05) is 0 Å². The van der Waals surface area contributed by atoms with E-state index in [1.54, 1.807) is 20.8 Å². The summed E-state index contributed by atoms with van der Waals surface area (Å²) >= 11 is 0. The van der Waals surface area contributed by atoms with E-state index in [9.17, 15) is 9.59 Å². The summed E-state index contributed by atoms with van der Waals surface area (Å²) in [4.78, 5) is 36.4. The summed E-state index contributed by atoms with van der Waals surface area (Å²) in [6.07, 6.45) is 6.63. The fraction of sp³-hybridized carbons (Fsp3) is 0.333. The maximum atomic E-state index is 11.1. The monoisotopic (exact) mass is 304 g/mol. The fourth-order valence-corrected chi connectivity index (χ4v) is 1.18. The Kier molecular flexibility index (Phi) is 8.85. The molecule has 0 aliphatic rings. The molecule has 0 spiro atoms. The van der Waals surface area contributed by atoms with E-state index in [0.717, 1.165) is 6.29 Å². The first-order chi connectivity index (χ1) is 10.1. The zero-order valence-corrected chi connectivity index (χ0v) is 12.1. The lowest BCUT2D eigenvalue weighted by molar-refractivity contribution is 0.0525. The van der Waals surface area contributed by atoms with Crippen LogP contribution in [0.5, 0.6) is 0 Å². The zero-order valence-electron chi connectivity index (χ0n) is 12.1. The topological polar surface area (TPSA) is 94.9 Å². The number of rotatable bonds is 3. The highest BCUT2D eigenvalue weighted by Crippen LogP contribution is 1.97. The molecule has 2 heterocycles. The third kappa shape index (κ3) is 6.65. The normalized spacial score (nSPS) is 8.86. The van der Waals surface area contributed by atoms with Gasteiger partial charge >= 0.3 is 5.97 Å². The van der Waals surface area contributed by atoms with E-state index in [4.69, 9.17) is 4.74 Å². The number of aldehydes is 1. The Bertz CT molecular complexity index is 583. The van der Waals surface area contributed by atoms with E-state index in [-0.39, 0.29) is 13.4 Å². The third-order valence-corrected chi connectivity index (χ3v) is 2.23. The molecular formula is C15H20N4O3. The summed E-state index contributed by atoms with van der Waals surface area (Å²) < 4.78 is 4.75. The second-order valence-corrected chi connectivity index (χ2v) is 3.92. The highest BCUT2D eigenvalue weighted by molar-refractivity contribution is 5.88. The maximum Gasteiger partial charge on any atom is 0.341 e. The Morgan fingerprint density at radius 1 is 1.05 bits per heavy atom. The van der Waals surface area contributed by atoms with Crippen molar-refractivity contribution in [2.45, 2.75) is 28.2 Å². The quantitative estimate of drug-likeness (QED) is 0.633. The summed E-state index contributed by atoms with van der Waals surface area (Å²) in [6.45, 7) is 5.66. The SMILES string of the molecule is C.CCOC(=O)c1cnc(C)nc1.Cc1ncc(C=O)cn1. The first-order valence-electron chi connectivity index (χ1n) is 6.26. The van der Waals surface area contributed by atoms with Gasteiger partial charge in [-0.05, 0) is 20.8 Å². The molecule has 0 N–H and O–H groups in total. The van der Waals surface area contributed by atoms with Crippen molar-refractivity contribution in [3.05, 3.63) is 47.6 Å². The predicted molar refractivity (Wildman–Crippen MR) is 81.6 cm³/mol. The first-order valence-corrected chi connectivity index (χ1v) is 6.26. The Labute approximate surface area is 129 Å². The average Bonchev–Trinajstić information content (AvgIpc) is 2.50. The van der Waals surface area contributed by atoms with Crippen LogP contribution in [0, 0.1) is 13.8 Å². The maximum absolute atomic E-state index is 11.1. The molecule has 2 aromatic rings. The molecule has 0 bridgehead atoms. The van der Waals surface area contributed by atoms with Crippen LogP contribution in [0.3, 0.4) is 0 Å². The largest absolute Gasteiger partial charge is 0.462 e. The number of aromatic nitrogens is 4. The zero-order chi connectivity index (χ0) is 15.7. The minimum atomic E-state index is -0.377. The summed E-state index contributed by atoms with van der Waals surface area (Å²) in [7, 11) is 0. The highest BCUT2D eigenvalue weighted by atomic mass is 16.5. The number of esters is 1. The van der Waals surface area contributed by atoms with Crippen molar-refractivity contribution in [2.24, 2.45) is 0 Å². The van der Waals surface area contributed by atoms with Crippen LogP contribution in [0.1, 0.15) is 46.7 Å². The van der Waals surface area contributed by atoms with Gasteiger partial charge in [-0.25, -0.2) is 24.7 Å². The van der Waals surface area contributed by atoms with Gasteiger partial charge in [0.25, 0.3) is 0 Å². The molecule has 2 aromatic heterocycles. The smallest absolute Gasteiger partial charge is 0.341 e. The lowest BCUT2D eigenvalue weighted by Crippen LogP contribution is -2.05. The Morgan fingerprint density at radius 2 is 1.50 bits per heavy atom. The van der Waals surface area contributed by atoms with E-state index < -0.39 is 0 Å². The number of hydrogen-bond acceptors (Lipinski definition) is 7. The molecule has 0 atom stereocenters. The van der Waals surface area contributed by atoms with Crippen LogP contribution in [-0.4, -0.2) is 38.8 Å². The number of carbonyl (C=O) groups excluding carboxylic acids is 2. The van der Waals surface area contributed by atoms with E-state index in [2.05, 4.69) is 19.9 Å². The Balaban J connectivity index is 0.000000397. The summed E-state index contributed by atoms with van der Waals surface area (Å²) in [5.41, 5.74) is 0.906. The van der Waals surface area contributed by atoms with Crippen LogP contribution >= 0.6 is 0 Å². The van der Waals surface area contributed by atoms with Crippen LogP contribution in [0.25, 0.3) is 0 Å². The Hall–Kier alpha value is -2.70. The van der Waals surface area contributed by atoms with Gasteiger partial charge in [0.1, 0.15) is 11.6 Å². The number of ether oxygens (including phenoxy) is 1. The van der Waals surface area contributed by atoms with Gasteiger partial charge in [-0.2, -0.15) is 0 Å². The van der Waals surface area contributed by atoms with Gasteiger partial charge in [-0.3, -0.25) is 4.79 Å². The number of nitrogens with zero attached hydrogens (tertiary/aromatic N) is 4. The van der Waals surface area contributed by atoms with Crippen molar-refractivity contribution in [1.29, 1.82) is 0 Å². The van der Waals surface area contributed by atoms with Crippen molar-refractivity contribution < 1.29 is 14.3 Å². The molecule has 2 rings (SSSR count). The number of hydrogen-bond donors (Lipinski definition) is 0. The van der Waals surface area contributed by atoms with Gasteiger partial charge in [0.05, 0.1) is 17.7 Å². The Morgan fingerprint density at radius 3 is 1.91 bits per heavy atom. The van der Waals surface area contributed by atoms with Crippen molar-refractivity contribution in [2.75, 3.05) is 6.61 Å². The van der Waals surface area contributed by atoms with Crippen LogP contribution < -0.4 is 0 Å². The molecule has 0 saturated carbocycles. The van der Waals surface area contributed by atoms with Gasteiger partial charge in [0.15, 0.2) is 6.29 Å². The van der Waals surface area contributed by atoms with E-state index in [1.165, 1.54) is 24.8 Å². The van der Waals surface area contributed by atoms with Crippen LogP contribution in [0.4, 0.5) is 0 Å². The van der Waals surface area contributed by atoms with Crippen LogP contribution in [0.15, 0.2) is 24.8 Å². The molecule has 7 nitrogen and oxygen atoms in total. The third-order valence-electron chi connectivity index (χ3n) is 2.23. The predicted octanol–water partition coefficient (Wildman–Crippen LogP) is 2.20. The lowest BCUT2D eigenvalue weighted by Gasteiger charge is -1.99. The summed E-state index contributed by atoms with van der Waals surface area (Å²) in [5, 5.41) is 0. The summed E-state index contributed by atoms with van der Waals surface area (Å²) in [6, 6.07) is 0. The summed E-state index contributed by atoms with van der Waals surface area (Å²) in [5.74, 6) is 0.946. The van der Waals surface area contributed by atoms with Crippen molar-refractivity contribution in [3.63, 3.8) is 0 Å². The molecule has 7 heteroatoms. The molecule has 0 aromatic carbocycles. The molecule has 0 aliphatic heterocycles. The van der Waals surface area contributed by atoms with E-state index in [0.29, 0.717) is 29.4 Å². The number of carbonyl (C=O) groups is 2. The van der Waals surface area contributed by atoms with Crippen molar-refractivity contribution in [3.8, 4) is 0 Å². The minimum Gasteiger partial charge on any atom is -0.462 e. The van der Waals surface area contributed by atoms with Gasteiger partial charge in [-0.15, -0.1) is 0 Å². The molecule has 22 heavy (non-hydrogen) atoms. The molecule has 0 fully saturated rings. The second kappa shape index (κ2) is 10.1. The van der Waals surface area contributed by atoms with Crippen LogP contribution in [0.2, 0.25) is 0 Å². The number of aryl methyl sites for hydroxylation is 2. The first kappa shape index (κ1) is 19.3. The molecule has 0 amide bonds. The lowest BCUT2D eigenvalue weighted by atomic mass is 10.3. The highest BCUT2D eigenvalue weighted by Gasteiger charge is 2.05. The fourth-order valence-electron chi connectivity index (χ4n) is 1.18. The van der Waals surface area contributed by atoms with Gasteiger partial charge in [-0.1, -0.05) is 7.43 Å². The molecule has 0 aliphatic carbocycles. The molecular weight excluding hydrogens is 284 g/mol. The molecule has 0 unspecified atom stereocenters. The van der Waals surface area contributed by atoms with Crippen LogP contribution in [-0.2, 0) is 4.74 Å². The minimum absolute atomic E-state index is 0. The molecule has 0 radical (unpaired) electrons. The van der Waals surface area contributed by atoms with Gasteiger partial charge in [0, 0.05) is 24.8 Å². The average molecular weight is 304 g/mol. The van der Waals surface area contributed by atoms with Gasteiger partial charge < -0.3 is 4.74 Å².